The first-order valence-electron chi connectivity index (χ1n) is 11.6. The number of nitrogens with zero attached hydrogens (tertiary/aromatic N) is 2. The van der Waals surface area contributed by atoms with Gasteiger partial charge in [0.25, 0.3) is 0 Å². The van der Waals surface area contributed by atoms with Crippen LogP contribution in [0.15, 0.2) is 24.3 Å². The number of Topliss-reactive ketones (excluding diaryl/α,β-unsaturated/α-hetero) is 1. The average molecular weight is 478 g/mol. The van der Waals surface area contributed by atoms with Crippen molar-refractivity contribution in [2.24, 2.45) is 11.3 Å². The number of halogens is 1. The monoisotopic (exact) mass is 477 g/mol. The number of ketones is 1. The molecule has 0 bridgehead atoms. The number of likely N-dealkylation sites (N-methyl/N-ethyl adjacent to an activating group) is 1. The second kappa shape index (κ2) is 9.24. The molecule has 2 N–H and O–H groups in total. The molecule has 1 aromatic carbocycles. The maximum atomic E-state index is 14.1. The molecule has 180 valence electrons. The third-order valence-electron chi connectivity index (χ3n) is 7.56. The van der Waals surface area contributed by atoms with Crippen LogP contribution in [0, 0.1) is 11.3 Å². The van der Waals surface area contributed by atoms with Gasteiger partial charge in [-0.1, -0.05) is 23.7 Å². The minimum absolute atomic E-state index is 0.0537. The molecule has 9 heteroatoms. The van der Waals surface area contributed by atoms with Crippen LogP contribution in [0.2, 0.25) is 5.02 Å². The first kappa shape index (κ1) is 24.0. The fourth-order valence-corrected chi connectivity index (χ4v) is 5.79. The first-order valence-corrected chi connectivity index (χ1v) is 12.0. The predicted octanol–water partition coefficient (Wildman–Crippen LogP) is 2.61. The minimum Gasteiger partial charge on any atom is -0.465 e. The van der Waals surface area contributed by atoms with Crippen LogP contribution in [0.5, 0.6) is 0 Å². The van der Waals surface area contributed by atoms with Crippen LogP contribution >= 0.6 is 11.6 Å². The summed E-state index contributed by atoms with van der Waals surface area (Å²) < 4.78 is 5.23. The highest BCUT2D eigenvalue weighted by molar-refractivity contribution is 6.30. The van der Waals surface area contributed by atoms with E-state index in [2.05, 4.69) is 5.32 Å². The van der Waals surface area contributed by atoms with Crippen LogP contribution in [-0.4, -0.2) is 84.2 Å². The van der Waals surface area contributed by atoms with Crippen molar-refractivity contribution in [1.82, 2.24) is 15.1 Å². The van der Waals surface area contributed by atoms with Crippen molar-refractivity contribution in [1.29, 1.82) is 0 Å². The molecule has 4 rings (SSSR count). The molecular formula is C24H32ClN3O5. The molecule has 2 atom stereocenters. The molecule has 0 aliphatic carbocycles. The molecule has 3 saturated heterocycles. The number of nitrogens with one attached hydrogen (secondary N) is 1. The summed E-state index contributed by atoms with van der Waals surface area (Å²) in [4.78, 5) is 42.4. The lowest BCUT2D eigenvalue weighted by atomic mass is 9.71. The van der Waals surface area contributed by atoms with Crippen LogP contribution in [0.3, 0.4) is 0 Å². The van der Waals surface area contributed by atoms with E-state index in [9.17, 15) is 19.5 Å². The molecule has 0 aromatic heterocycles. The highest BCUT2D eigenvalue weighted by Crippen LogP contribution is 2.42. The number of carbonyl (C=O) groups is 3. The summed E-state index contributed by atoms with van der Waals surface area (Å²) in [5.74, 6) is -0.592. The first-order chi connectivity index (χ1) is 15.7. The van der Waals surface area contributed by atoms with Crippen molar-refractivity contribution in [3.8, 4) is 0 Å². The predicted molar refractivity (Wildman–Crippen MR) is 123 cm³/mol. The minimum atomic E-state index is -1.20. The lowest BCUT2D eigenvalue weighted by molar-refractivity contribution is -0.170. The van der Waals surface area contributed by atoms with Gasteiger partial charge in [0.15, 0.2) is 5.78 Å². The molecule has 8 nitrogen and oxygen atoms in total. The van der Waals surface area contributed by atoms with E-state index in [-0.39, 0.29) is 36.6 Å². The zero-order valence-corrected chi connectivity index (χ0v) is 19.9. The summed E-state index contributed by atoms with van der Waals surface area (Å²) in [7, 11) is 0. The molecule has 1 aromatic rings. The standard InChI is InChI=1S/C24H32ClN3O5/c1-3-28(22(31)32)24(13-26-12-19(24)16-4-6-18(25)7-5-16)20(29)17-8-10-27(11-9-17)21(30)23(2)14-33-15-23/h4-7,17,19,26H,3,8-15H2,1-2H3,(H,31,32)/t19-,24+/m0/s1. The summed E-state index contributed by atoms with van der Waals surface area (Å²) >= 11 is 6.07. The largest absolute Gasteiger partial charge is 0.465 e. The Morgan fingerprint density at radius 2 is 1.85 bits per heavy atom. The van der Waals surface area contributed by atoms with Crippen LogP contribution in [0.25, 0.3) is 0 Å². The van der Waals surface area contributed by atoms with E-state index < -0.39 is 17.0 Å². The molecule has 33 heavy (non-hydrogen) atoms. The van der Waals surface area contributed by atoms with Crippen molar-refractivity contribution in [2.45, 2.75) is 38.1 Å². The molecule has 3 fully saturated rings. The summed E-state index contributed by atoms with van der Waals surface area (Å²) in [5.41, 5.74) is -0.767. The Balaban J connectivity index is 1.59. The van der Waals surface area contributed by atoms with E-state index in [1.807, 2.05) is 24.0 Å². The van der Waals surface area contributed by atoms with Gasteiger partial charge in [-0.2, -0.15) is 0 Å². The number of likely N-dealkylation sites (tertiary alicyclic amines) is 1. The highest BCUT2D eigenvalue weighted by atomic mass is 35.5. The lowest BCUT2D eigenvalue weighted by Gasteiger charge is -2.46. The molecule has 3 heterocycles. The Kier molecular flexibility index (Phi) is 6.71. The van der Waals surface area contributed by atoms with Crippen molar-refractivity contribution in [3.63, 3.8) is 0 Å². The summed E-state index contributed by atoms with van der Waals surface area (Å²) in [5, 5.41) is 13.9. The fraction of sp³-hybridized carbons (Fsp3) is 0.625. The van der Waals surface area contributed by atoms with E-state index >= 15 is 0 Å². The maximum Gasteiger partial charge on any atom is 0.408 e. The molecular weight excluding hydrogens is 446 g/mol. The van der Waals surface area contributed by atoms with E-state index in [0.29, 0.717) is 50.7 Å². The number of piperidine rings is 1. The van der Waals surface area contributed by atoms with E-state index in [4.69, 9.17) is 16.3 Å². The Morgan fingerprint density at radius 3 is 2.36 bits per heavy atom. The molecule has 0 radical (unpaired) electrons. The van der Waals surface area contributed by atoms with Gasteiger partial charge >= 0.3 is 6.09 Å². The number of benzene rings is 1. The second-order valence-corrected chi connectivity index (χ2v) is 10.1. The van der Waals surface area contributed by atoms with E-state index in [1.54, 1.807) is 19.1 Å². The lowest BCUT2D eigenvalue weighted by Crippen LogP contribution is -2.63. The zero-order chi connectivity index (χ0) is 23.8. The summed E-state index contributed by atoms with van der Waals surface area (Å²) in [6.07, 6.45) is -0.0271. The van der Waals surface area contributed by atoms with Crippen LogP contribution in [0.1, 0.15) is 38.2 Å². The highest BCUT2D eigenvalue weighted by Gasteiger charge is 2.57. The molecule has 0 saturated carbocycles. The number of amides is 2. The van der Waals surface area contributed by atoms with Crippen LogP contribution in [0.4, 0.5) is 4.79 Å². The van der Waals surface area contributed by atoms with Gasteiger partial charge in [0, 0.05) is 49.6 Å². The number of carboxylic acid groups (broad SMARTS) is 1. The second-order valence-electron chi connectivity index (χ2n) is 9.67. The molecule has 3 aliphatic rings. The van der Waals surface area contributed by atoms with Gasteiger partial charge in [0.2, 0.25) is 5.91 Å². The van der Waals surface area contributed by atoms with Gasteiger partial charge in [-0.15, -0.1) is 0 Å². The van der Waals surface area contributed by atoms with Crippen molar-refractivity contribution >= 4 is 29.4 Å². The molecule has 0 spiro atoms. The number of rotatable bonds is 6. The SMILES string of the molecule is CCN(C(=O)O)[C@]1(C(=O)C2CCN(C(=O)C3(C)COC3)CC2)CNC[C@H]1c1ccc(Cl)cc1. The van der Waals surface area contributed by atoms with E-state index in [1.165, 1.54) is 4.90 Å². The third-order valence-corrected chi connectivity index (χ3v) is 7.81. The zero-order valence-electron chi connectivity index (χ0n) is 19.2. The van der Waals surface area contributed by atoms with Gasteiger partial charge in [0.1, 0.15) is 5.54 Å². The smallest absolute Gasteiger partial charge is 0.408 e. The van der Waals surface area contributed by atoms with Gasteiger partial charge in [-0.3, -0.25) is 14.5 Å². The van der Waals surface area contributed by atoms with E-state index in [0.717, 1.165) is 5.56 Å². The maximum absolute atomic E-state index is 14.1. The van der Waals surface area contributed by atoms with Gasteiger partial charge in [0.05, 0.1) is 18.6 Å². The Hall–Kier alpha value is -2.16. The summed E-state index contributed by atoms with van der Waals surface area (Å²) in [6.45, 7) is 6.54. The van der Waals surface area contributed by atoms with Crippen molar-refractivity contribution < 1.29 is 24.2 Å². The number of hydrogen-bond donors (Lipinski definition) is 2. The molecule has 0 unspecified atom stereocenters. The Morgan fingerprint density at radius 1 is 1.21 bits per heavy atom. The van der Waals surface area contributed by atoms with Crippen molar-refractivity contribution in [2.75, 3.05) is 45.9 Å². The van der Waals surface area contributed by atoms with Crippen LogP contribution < -0.4 is 5.32 Å². The third kappa shape index (κ3) is 4.13. The molecule has 3 aliphatic heterocycles. The number of hydrogen-bond acceptors (Lipinski definition) is 5. The topological polar surface area (TPSA) is 99.2 Å². The normalized spacial score (nSPS) is 27.1. The quantitative estimate of drug-likeness (QED) is 0.653. The van der Waals surface area contributed by atoms with Crippen LogP contribution in [-0.2, 0) is 14.3 Å². The van der Waals surface area contributed by atoms with Crippen molar-refractivity contribution in [3.05, 3.63) is 34.9 Å². The number of carbonyl (C=O) groups excluding carboxylic acids is 2. The fourth-order valence-electron chi connectivity index (χ4n) is 5.66. The Labute approximate surface area is 199 Å². The average Bonchev–Trinajstić information content (AvgIpc) is 3.23. The summed E-state index contributed by atoms with van der Waals surface area (Å²) in [6, 6.07) is 7.30. The van der Waals surface area contributed by atoms with Gasteiger partial charge in [-0.25, -0.2) is 4.79 Å². The van der Waals surface area contributed by atoms with Gasteiger partial charge < -0.3 is 20.1 Å². The molecule has 2 amide bonds. The van der Waals surface area contributed by atoms with Gasteiger partial charge in [-0.05, 0) is 44.4 Å². The Bertz CT molecular complexity index is 911. The number of ether oxygens (including phenoxy) is 1.